The highest BCUT2D eigenvalue weighted by Crippen LogP contribution is 2.27. The van der Waals surface area contributed by atoms with E-state index in [4.69, 9.17) is 11.5 Å². The van der Waals surface area contributed by atoms with Gasteiger partial charge in [-0.15, -0.1) is 0 Å². The van der Waals surface area contributed by atoms with E-state index in [1.54, 1.807) is 24.3 Å². The summed E-state index contributed by atoms with van der Waals surface area (Å²) in [5.41, 5.74) is 11.6. The van der Waals surface area contributed by atoms with Crippen LogP contribution in [0.3, 0.4) is 0 Å². The Morgan fingerprint density at radius 2 is 1.77 bits per heavy atom. The Morgan fingerprint density at radius 3 is 2.42 bits per heavy atom. The summed E-state index contributed by atoms with van der Waals surface area (Å²) in [5, 5.41) is 3.04. The Morgan fingerprint density at radius 1 is 1.08 bits per heavy atom. The second-order valence-corrected chi connectivity index (χ2v) is 6.76. The lowest BCUT2D eigenvalue weighted by Crippen LogP contribution is -2.43. The maximum absolute atomic E-state index is 12.4. The molecule has 142 valence electrons. The standard InChI is InChI=1S/C19H28N4O3/c20-18(25)15-8-4-5-9-16(15)22-12-13-23(19(21)26)17(24)11-10-14-6-2-1-3-7-14/h4-5,8-9,14,22H,1-3,6-7,10-13H2,(H2,20,25)(H2,21,26). The van der Waals surface area contributed by atoms with Gasteiger partial charge in [0.1, 0.15) is 0 Å². The zero-order valence-corrected chi connectivity index (χ0v) is 15.1. The SMILES string of the molecule is NC(=O)c1ccccc1NCCN(C(N)=O)C(=O)CCC1CCCCC1. The highest BCUT2D eigenvalue weighted by molar-refractivity contribution is 5.98. The van der Waals surface area contributed by atoms with Crippen molar-refractivity contribution in [3.8, 4) is 0 Å². The first-order valence-electron chi connectivity index (χ1n) is 9.21. The maximum atomic E-state index is 12.4. The van der Waals surface area contributed by atoms with Crippen LogP contribution in [0.2, 0.25) is 0 Å². The number of nitrogens with one attached hydrogen (secondary N) is 1. The minimum absolute atomic E-state index is 0.145. The summed E-state index contributed by atoms with van der Waals surface area (Å²) < 4.78 is 0. The van der Waals surface area contributed by atoms with Crippen molar-refractivity contribution < 1.29 is 14.4 Å². The second-order valence-electron chi connectivity index (χ2n) is 6.76. The average Bonchev–Trinajstić information content (AvgIpc) is 2.64. The third-order valence-corrected chi connectivity index (χ3v) is 4.90. The van der Waals surface area contributed by atoms with E-state index in [0.29, 0.717) is 30.1 Å². The molecule has 1 saturated carbocycles. The van der Waals surface area contributed by atoms with Crippen LogP contribution in [-0.4, -0.2) is 35.8 Å². The lowest BCUT2D eigenvalue weighted by Gasteiger charge is -2.23. The number of rotatable bonds is 8. The van der Waals surface area contributed by atoms with Crippen molar-refractivity contribution in [2.45, 2.75) is 44.9 Å². The molecule has 0 unspecified atom stereocenters. The first kappa shape index (κ1) is 19.8. The van der Waals surface area contributed by atoms with Gasteiger partial charge in [-0.3, -0.25) is 14.5 Å². The topological polar surface area (TPSA) is 119 Å². The molecule has 1 aromatic carbocycles. The number of amides is 4. The Hall–Kier alpha value is -2.57. The van der Waals surface area contributed by atoms with Crippen molar-refractivity contribution in [3.05, 3.63) is 29.8 Å². The number of imide groups is 1. The van der Waals surface area contributed by atoms with Crippen molar-refractivity contribution in [2.24, 2.45) is 17.4 Å². The van der Waals surface area contributed by atoms with Gasteiger partial charge in [0.15, 0.2) is 0 Å². The molecule has 0 bridgehead atoms. The van der Waals surface area contributed by atoms with Gasteiger partial charge in [0.25, 0.3) is 5.91 Å². The van der Waals surface area contributed by atoms with Gasteiger partial charge in [0.05, 0.1) is 5.56 Å². The van der Waals surface area contributed by atoms with Crippen LogP contribution >= 0.6 is 0 Å². The molecule has 0 atom stereocenters. The number of primary amides is 2. The number of benzene rings is 1. The van der Waals surface area contributed by atoms with Crippen molar-refractivity contribution in [3.63, 3.8) is 0 Å². The summed E-state index contributed by atoms with van der Waals surface area (Å²) in [6, 6.07) is 6.08. The molecule has 0 radical (unpaired) electrons. The Kier molecular flexibility index (Phi) is 7.44. The quantitative estimate of drug-likeness (QED) is 0.660. The van der Waals surface area contributed by atoms with E-state index < -0.39 is 11.9 Å². The van der Waals surface area contributed by atoms with Crippen molar-refractivity contribution in [1.29, 1.82) is 0 Å². The molecular weight excluding hydrogens is 332 g/mol. The van der Waals surface area contributed by atoms with Gasteiger partial charge in [0, 0.05) is 25.2 Å². The number of urea groups is 1. The van der Waals surface area contributed by atoms with E-state index >= 15 is 0 Å². The van der Waals surface area contributed by atoms with Crippen LogP contribution < -0.4 is 16.8 Å². The van der Waals surface area contributed by atoms with Crippen LogP contribution in [0.15, 0.2) is 24.3 Å². The normalized spacial score (nSPS) is 14.6. The van der Waals surface area contributed by atoms with Crippen LogP contribution in [0, 0.1) is 5.92 Å². The highest BCUT2D eigenvalue weighted by atomic mass is 16.2. The third-order valence-electron chi connectivity index (χ3n) is 4.90. The molecule has 7 heteroatoms. The molecule has 7 nitrogen and oxygen atoms in total. The molecule has 5 N–H and O–H groups in total. The van der Waals surface area contributed by atoms with E-state index in [1.807, 2.05) is 0 Å². The molecule has 0 aliphatic heterocycles. The van der Waals surface area contributed by atoms with E-state index in [9.17, 15) is 14.4 Å². The summed E-state index contributed by atoms with van der Waals surface area (Å²) in [6.07, 6.45) is 7.19. The van der Waals surface area contributed by atoms with Gasteiger partial charge in [-0.25, -0.2) is 4.79 Å². The zero-order valence-electron chi connectivity index (χ0n) is 15.1. The van der Waals surface area contributed by atoms with Gasteiger partial charge in [-0.2, -0.15) is 0 Å². The molecule has 26 heavy (non-hydrogen) atoms. The molecule has 1 fully saturated rings. The first-order valence-corrected chi connectivity index (χ1v) is 9.21. The van der Waals surface area contributed by atoms with Crippen LogP contribution in [0.4, 0.5) is 10.5 Å². The molecule has 1 aromatic rings. The minimum atomic E-state index is -0.747. The van der Waals surface area contributed by atoms with Crippen molar-refractivity contribution in [2.75, 3.05) is 18.4 Å². The molecule has 2 rings (SSSR count). The van der Waals surface area contributed by atoms with Crippen molar-refractivity contribution >= 4 is 23.5 Å². The van der Waals surface area contributed by atoms with Crippen LogP contribution in [-0.2, 0) is 4.79 Å². The van der Waals surface area contributed by atoms with E-state index in [-0.39, 0.29) is 12.5 Å². The van der Waals surface area contributed by atoms with Gasteiger partial charge < -0.3 is 16.8 Å². The van der Waals surface area contributed by atoms with E-state index in [1.165, 1.54) is 19.3 Å². The van der Waals surface area contributed by atoms with Crippen LogP contribution in [0.5, 0.6) is 0 Å². The fourth-order valence-electron chi connectivity index (χ4n) is 3.45. The number of para-hydroxylation sites is 1. The van der Waals surface area contributed by atoms with Gasteiger partial charge in [-0.05, 0) is 24.5 Å². The summed E-state index contributed by atoms with van der Waals surface area (Å²) in [6.45, 7) is 0.439. The number of hydrogen-bond acceptors (Lipinski definition) is 4. The van der Waals surface area contributed by atoms with Crippen LogP contribution in [0.1, 0.15) is 55.3 Å². The third kappa shape index (κ3) is 5.75. The van der Waals surface area contributed by atoms with Gasteiger partial charge >= 0.3 is 6.03 Å². The smallest absolute Gasteiger partial charge is 0.321 e. The van der Waals surface area contributed by atoms with E-state index in [2.05, 4.69) is 5.32 Å². The van der Waals surface area contributed by atoms with Crippen molar-refractivity contribution in [1.82, 2.24) is 4.90 Å². The lowest BCUT2D eigenvalue weighted by atomic mass is 9.86. The number of hydrogen-bond donors (Lipinski definition) is 3. The maximum Gasteiger partial charge on any atom is 0.321 e. The Balaban J connectivity index is 1.84. The molecular formula is C19H28N4O3. The van der Waals surface area contributed by atoms with E-state index in [0.717, 1.165) is 24.2 Å². The van der Waals surface area contributed by atoms with Gasteiger partial charge in [-0.1, -0.05) is 44.2 Å². The molecule has 4 amide bonds. The number of nitrogens with two attached hydrogens (primary N) is 2. The largest absolute Gasteiger partial charge is 0.383 e. The number of nitrogens with zero attached hydrogens (tertiary/aromatic N) is 1. The first-order chi connectivity index (χ1) is 12.5. The number of carbonyl (C=O) groups excluding carboxylic acids is 3. The average molecular weight is 360 g/mol. The molecule has 1 aliphatic carbocycles. The van der Waals surface area contributed by atoms with Crippen LogP contribution in [0.25, 0.3) is 0 Å². The predicted molar refractivity (Wildman–Crippen MR) is 101 cm³/mol. The second kappa shape index (κ2) is 9.79. The lowest BCUT2D eigenvalue weighted by molar-refractivity contribution is -0.128. The zero-order chi connectivity index (χ0) is 18.9. The number of carbonyl (C=O) groups is 3. The minimum Gasteiger partial charge on any atom is -0.383 e. The predicted octanol–water partition coefficient (Wildman–Crippen LogP) is 2.47. The van der Waals surface area contributed by atoms with Gasteiger partial charge in [0.2, 0.25) is 5.91 Å². The molecule has 0 aromatic heterocycles. The fourth-order valence-corrected chi connectivity index (χ4v) is 3.45. The summed E-state index contributed by atoms with van der Waals surface area (Å²) in [5.74, 6) is -0.209. The number of anilines is 1. The highest BCUT2D eigenvalue weighted by Gasteiger charge is 2.21. The Bertz CT molecular complexity index is 641. The summed E-state index contributed by atoms with van der Waals surface area (Å²) in [7, 11) is 0. The summed E-state index contributed by atoms with van der Waals surface area (Å²) >= 11 is 0. The Labute approximate surface area is 154 Å². The molecule has 0 heterocycles. The molecule has 1 aliphatic rings. The fraction of sp³-hybridized carbons (Fsp3) is 0.526. The monoisotopic (exact) mass is 360 g/mol. The molecule has 0 spiro atoms. The summed E-state index contributed by atoms with van der Waals surface area (Å²) in [4.78, 5) is 36.5. The molecule has 0 saturated heterocycles.